The average Bonchev–Trinajstić information content (AvgIpc) is 2.47. The summed E-state index contributed by atoms with van der Waals surface area (Å²) in [4.78, 5) is 4.17. The molecule has 1 aromatic rings. The third-order valence-electron chi connectivity index (χ3n) is 1.54. The number of thiazole rings is 1. The van der Waals surface area contributed by atoms with Crippen LogP contribution in [0.15, 0.2) is 5.38 Å². The zero-order chi connectivity index (χ0) is 9.90. The first kappa shape index (κ1) is 10.6. The van der Waals surface area contributed by atoms with E-state index in [9.17, 15) is 8.42 Å². The van der Waals surface area contributed by atoms with Crippen LogP contribution in [0.1, 0.15) is 17.6 Å². The lowest BCUT2D eigenvalue weighted by molar-refractivity contribution is 0.482. The third-order valence-corrected chi connectivity index (χ3v) is 3.21. The number of aryl methyl sites for hydroxylation is 2. The highest BCUT2D eigenvalue weighted by Gasteiger charge is 2.07. The van der Waals surface area contributed by atoms with Gasteiger partial charge in [0.1, 0.15) is 0 Å². The van der Waals surface area contributed by atoms with Gasteiger partial charge in [0.15, 0.2) is 0 Å². The zero-order valence-corrected chi connectivity index (χ0v) is 8.86. The van der Waals surface area contributed by atoms with E-state index >= 15 is 0 Å². The summed E-state index contributed by atoms with van der Waals surface area (Å²) >= 11 is 1.43. The summed E-state index contributed by atoms with van der Waals surface area (Å²) in [6.07, 6.45) is 1.14. The lowest BCUT2D eigenvalue weighted by Gasteiger charge is -1.92. The van der Waals surface area contributed by atoms with Crippen LogP contribution in [0.4, 0.5) is 0 Å². The van der Waals surface area contributed by atoms with Crippen molar-refractivity contribution in [2.75, 3.05) is 5.75 Å². The molecule has 4 nitrogen and oxygen atoms in total. The van der Waals surface area contributed by atoms with Crippen LogP contribution in [0.3, 0.4) is 0 Å². The maximum Gasteiger partial charge on any atom is 0.265 e. The van der Waals surface area contributed by atoms with Crippen molar-refractivity contribution in [1.29, 1.82) is 0 Å². The number of nitrogens with zero attached hydrogens (tertiary/aromatic N) is 1. The van der Waals surface area contributed by atoms with Crippen LogP contribution in [-0.2, 0) is 23.0 Å². The van der Waals surface area contributed by atoms with Crippen molar-refractivity contribution >= 4 is 21.5 Å². The first-order valence-electron chi connectivity index (χ1n) is 3.89. The van der Waals surface area contributed by atoms with Gasteiger partial charge >= 0.3 is 0 Å². The normalized spacial score (nSPS) is 11.8. The maximum absolute atomic E-state index is 10.4. The SMILES string of the molecule is CCc1csc(CCS(=O)(=O)O)n1. The fraction of sp³-hybridized carbons (Fsp3) is 0.571. The Bertz CT molecular complexity index is 369. The van der Waals surface area contributed by atoms with Crippen molar-refractivity contribution in [3.05, 3.63) is 16.1 Å². The van der Waals surface area contributed by atoms with Crippen molar-refractivity contribution in [1.82, 2.24) is 4.98 Å². The Hall–Kier alpha value is -0.460. The first-order valence-corrected chi connectivity index (χ1v) is 6.38. The Morgan fingerprint density at radius 3 is 2.77 bits per heavy atom. The fourth-order valence-electron chi connectivity index (χ4n) is 0.842. The molecule has 0 fully saturated rings. The van der Waals surface area contributed by atoms with Crippen molar-refractivity contribution in [3.63, 3.8) is 0 Å². The molecule has 1 rings (SSSR count). The summed E-state index contributed by atoms with van der Waals surface area (Å²) < 4.78 is 29.3. The number of rotatable bonds is 4. The fourth-order valence-corrected chi connectivity index (χ4v) is 2.30. The van der Waals surface area contributed by atoms with E-state index in [0.717, 1.165) is 17.1 Å². The largest absolute Gasteiger partial charge is 0.286 e. The summed E-state index contributed by atoms with van der Waals surface area (Å²) in [6.45, 7) is 1.99. The minimum Gasteiger partial charge on any atom is -0.286 e. The van der Waals surface area contributed by atoms with Gasteiger partial charge in [-0.25, -0.2) is 4.98 Å². The standard InChI is InChI=1S/C7H11NO3S2/c1-2-6-5-12-7(8-6)3-4-13(9,10)11/h5H,2-4H2,1H3,(H,9,10,11). The van der Waals surface area contributed by atoms with Gasteiger partial charge in [-0.05, 0) is 6.42 Å². The van der Waals surface area contributed by atoms with E-state index in [4.69, 9.17) is 4.55 Å². The van der Waals surface area contributed by atoms with Crippen LogP contribution in [0, 0.1) is 0 Å². The van der Waals surface area contributed by atoms with Crippen molar-refractivity contribution in [3.8, 4) is 0 Å². The van der Waals surface area contributed by atoms with Gasteiger partial charge < -0.3 is 0 Å². The molecule has 0 amide bonds. The molecule has 13 heavy (non-hydrogen) atoms. The molecule has 0 aliphatic carbocycles. The summed E-state index contributed by atoms with van der Waals surface area (Å²) in [5, 5.41) is 2.66. The van der Waals surface area contributed by atoms with Gasteiger partial charge in [0.2, 0.25) is 0 Å². The highest BCUT2D eigenvalue weighted by atomic mass is 32.2. The van der Waals surface area contributed by atoms with E-state index in [1.54, 1.807) is 0 Å². The Morgan fingerprint density at radius 1 is 1.62 bits per heavy atom. The second-order valence-corrected chi connectivity index (χ2v) is 5.14. The second kappa shape index (κ2) is 4.17. The molecule has 0 unspecified atom stereocenters. The molecule has 0 aromatic carbocycles. The number of hydrogen-bond acceptors (Lipinski definition) is 4. The van der Waals surface area contributed by atoms with Gasteiger partial charge in [-0.2, -0.15) is 8.42 Å². The van der Waals surface area contributed by atoms with Crippen molar-refractivity contribution in [2.24, 2.45) is 0 Å². The van der Waals surface area contributed by atoms with E-state index < -0.39 is 10.1 Å². The quantitative estimate of drug-likeness (QED) is 0.774. The van der Waals surface area contributed by atoms with Crippen LogP contribution in [0.2, 0.25) is 0 Å². The summed E-state index contributed by atoms with van der Waals surface area (Å²) in [5.74, 6) is -0.246. The van der Waals surface area contributed by atoms with Gasteiger partial charge in [-0.15, -0.1) is 11.3 Å². The predicted octanol–water partition coefficient (Wildman–Crippen LogP) is 1.14. The molecular weight excluding hydrogens is 210 g/mol. The van der Waals surface area contributed by atoms with Crippen molar-refractivity contribution < 1.29 is 13.0 Å². The van der Waals surface area contributed by atoms with E-state index in [1.807, 2.05) is 12.3 Å². The molecule has 0 bridgehead atoms. The monoisotopic (exact) mass is 221 g/mol. The summed E-state index contributed by atoms with van der Waals surface area (Å²) in [7, 11) is -3.85. The summed E-state index contributed by atoms with van der Waals surface area (Å²) in [6, 6.07) is 0. The van der Waals surface area contributed by atoms with Crippen LogP contribution in [0.5, 0.6) is 0 Å². The Balaban J connectivity index is 2.55. The van der Waals surface area contributed by atoms with Gasteiger partial charge in [0, 0.05) is 11.8 Å². The van der Waals surface area contributed by atoms with Gasteiger partial charge in [-0.1, -0.05) is 6.92 Å². The highest BCUT2D eigenvalue weighted by molar-refractivity contribution is 7.85. The molecule has 0 atom stereocenters. The molecule has 0 saturated carbocycles. The maximum atomic E-state index is 10.4. The molecule has 0 saturated heterocycles. The van der Waals surface area contributed by atoms with E-state index in [0.29, 0.717) is 6.42 Å². The van der Waals surface area contributed by atoms with E-state index in [-0.39, 0.29) is 5.75 Å². The van der Waals surface area contributed by atoms with Crippen LogP contribution in [0.25, 0.3) is 0 Å². The molecule has 0 aliphatic rings. The Labute approximate surface area is 81.4 Å². The molecule has 0 radical (unpaired) electrons. The molecule has 0 aliphatic heterocycles. The number of hydrogen-bond donors (Lipinski definition) is 1. The van der Waals surface area contributed by atoms with Crippen LogP contribution < -0.4 is 0 Å². The van der Waals surface area contributed by atoms with Crippen LogP contribution >= 0.6 is 11.3 Å². The molecule has 1 aromatic heterocycles. The predicted molar refractivity (Wildman–Crippen MR) is 51.6 cm³/mol. The van der Waals surface area contributed by atoms with Crippen LogP contribution in [-0.4, -0.2) is 23.7 Å². The smallest absolute Gasteiger partial charge is 0.265 e. The summed E-state index contributed by atoms with van der Waals surface area (Å²) in [5.41, 5.74) is 0.968. The third kappa shape index (κ3) is 3.84. The lowest BCUT2D eigenvalue weighted by atomic mass is 10.4. The molecule has 6 heteroatoms. The molecule has 0 spiro atoms. The van der Waals surface area contributed by atoms with Gasteiger partial charge in [-0.3, -0.25) is 4.55 Å². The Morgan fingerprint density at radius 2 is 2.31 bits per heavy atom. The van der Waals surface area contributed by atoms with Gasteiger partial charge in [0.05, 0.1) is 16.5 Å². The molecule has 1 N–H and O–H groups in total. The van der Waals surface area contributed by atoms with E-state index in [1.165, 1.54) is 11.3 Å². The molecule has 74 valence electrons. The lowest BCUT2D eigenvalue weighted by Crippen LogP contribution is -2.06. The minimum atomic E-state index is -3.85. The molecule has 1 heterocycles. The second-order valence-electron chi connectivity index (χ2n) is 2.62. The topological polar surface area (TPSA) is 67.3 Å². The van der Waals surface area contributed by atoms with E-state index in [2.05, 4.69) is 4.98 Å². The number of aromatic nitrogens is 1. The average molecular weight is 221 g/mol. The Kier molecular flexibility index (Phi) is 3.40. The van der Waals surface area contributed by atoms with Crippen molar-refractivity contribution in [2.45, 2.75) is 19.8 Å². The minimum absolute atomic E-state index is 0.246. The highest BCUT2D eigenvalue weighted by Crippen LogP contribution is 2.11. The molecular formula is C7H11NO3S2. The zero-order valence-electron chi connectivity index (χ0n) is 7.23. The van der Waals surface area contributed by atoms with Gasteiger partial charge in [0.25, 0.3) is 10.1 Å². The first-order chi connectivity index (χ1) is 6.01.